The fourth-order valence-electron chi connectivity index (χ4n) is 2.85. The maximum absolute atomic E-state index is 12.3. The van der Waals surface area contributed by atoms with E-state index in [4.69, 9.17) is 9.88 Å². The molecule has 23 heavy (non-hydrogen) atoms. The standard InChI is InChI=1S/C14H20N2O5S2/c1-9-4-3-5-10(2)16(9)12(17)8-21-14(18)13-11(6-7-22-13)23(15,19)20/h6-7,9-10H,3-5,8H2,1-2H3,(H2,15,19,20)/t9-,10-/m1/s1. The number of piperidine rings is 1. The van der Waals surface area contributed by atoms with Crippen LogP contribution in [0.4, 0.5) is 0 Å². The highest BCUT2D eigenvalue weighted by atomic mass is 32.2. The minimum absolute atomic E-state index is 0.103. The first kappa shape index (κ1) is 17.9. The number of carbonyl (C=O) groups excluding carboxylic acids is 2. The third-order valence-electron chi connectivity index (χ3n) is 3.93. The summed E-state index contributed by atoms with van der Waals surface area (Å²) in [4.78, 5) is 25.6. The minimum atomic E-state index is -4.00. The van der Waals surface area contributed by atoms with E-state index in [1.165, 1.54) is 11.4 Å². The number of ether oxygens (including phenoxy) is 1. The second-order valence-corrected chi connectivity index (χ2v) is 8.11. The Morgan fingerprint density at radius 2 is 1.96 bits per heavy atom. The Hall–Kier alpha value is -1.45. The number of hydrogen-bond donors (Lipinski definition) is 1. The zero-order valence-corrected chi connectivity index (χ0v) is 14.7. The molecule has 0 spiro atoms. The summed E-state index contributed by atoms with van der Waals surface area (Å²) in [7, 11) is -4.00. The molecule has 0 aliphatic carbocycles. The third-order valence-corrected chi connectivity index (χ3v) is 5.91. The van der Waals surface area contributed by atoms with E-state index >= 15 is 0 Å². The maximum Gasteiger partial charge on any atom is 0.350 e. The predicted octanol–water partition coefficient (Wildman–Crippen LogP) is 1.34. The molecule has 2 heterocycles. The molecule has 0 aromatic carbocycles. The zero-order valence-electron chi connectivity index (χ0n) is 13.0. The van der Waals surface area contributed by atoms with E-state index < -0.39 is 22.6 Å². The first-order valence-corrected chi connectivity index (χ1v) is 9.73. The Bertz CT molecular complexity index is 688. The number of sulfonamides is 1. The molecular formula is C14H20N2O5S2. The molecule has 1 saturated heterocycles. The van der Waals surface area contributed by atoms with Gasteiger partial charge in [0.15, 0.2) is 6.61 Å². The van der Waals surface area contributed by atoms with Gasteiger partial charge in [-0.1, -0.05) is 0 Å². The van der Waals surface area contributed by atoms with Gasteiger partial charge in [0.2, 0.25) is 10.0 Å². The van der Waals surface area contributed by atoms with Gasteiger partial charge < -0.3 is 9.64 Å². The van der Waals surface area contributed by atoms with E-state index in [1.807, 2.05) is 13.8 Å². The average Bonchev–Trinajstić information content (AvgIpc) is 2.94. The number of hydrogen-bond acceptors (Lipinski definition) is 6. The summed E-state index contributed by atoms with van der Waals surface area (Å²) in [6.07, 6.45) is 2.91. The molecule has 0 unspecified atom stereocenters. The van der Waals surface area contributed by atoms with Crippen LogP contribution in [0, 0.1) is 0 Å². The Morgan fingerprint density at radius 3 is 2.52 bits per heavy atom. The van der Waals surface area contributed by atoms with Gasteiger partial charge in [0.25, 0.3) is 5.91 Å². The number of likely N-dealkylation sites (tertiary alicyclic amines) is 1. The molecule has 1 aliphatic rings. The van der Waals surface area contributed by atoms with Crippen LogP contribution in [0.1, 0.15) is 42.8 Å². The molecule has 2 atom stereocenters. The van der Waals surface area contributed by atoms with Crippen LogP contribution in [0.15, 0.2) is 16.3 Å². The number of carbonyl (C=O) groups is 2. The van der Waals surface area contributed by atoms with Gasteiger partial charge in [0.05, 0.1) is 0 Å². The molecule has 0 radical (unpaired) electrons. The van der Waals surface area contributed by atoms with E-state index in [0.29, 0.717) is 0 Å². The fourth-order valence-corrected chi connectivity index (χ4v) is 4.71. The molecule has 1 aromatic heterocycles. The van der Waals surface area contributed by atoms with Gasteiger partial charge >= 0.3 is 5.97 Å². The quantitative estimate of drug-likeness (QED) is 0.816. The predicted molar refractivity (Wildman–Crippen MR) is 85.6 cm³/mol. The van der Waals surface area contributed by atoms with Crippen molar-refractivity contribution in [1.82, 2.24) is 4.90 Å². The molecule has 9 heteroatoms. The van der Waals surface area contributed by atoms with Crippen molar-refractivity contribution in [2.24, 2.45) is 5.14 Å². The number of thiophene rings is 1. The Balaban J connectivity index is 2.02. The smallest absolute Gasteiger partial charge is 0.350 e. The first-order chi connectivity index (χ1) is 10.7. The summed E-state index contributed by atoms with van der Waals surface area (Å²) in [5.41, 5.74) is 0. The summed E-state index contributed by atoms with van der Waals surface area (Å²) in [5.74, 6) is -1.12. The molecule has 1 aromatic rings. The molecular weight excluding hydrogens is 340 g/mol. The van der Waals surface area contributed by atoms with Gasteiger partial charge in [0.1, 0.15) is 9.77 Å². The first-order valence-electron chi connectivity index (χ1n) is 7.30. The Labute approximate surface area is 139 Å². The third kappa shape index (κ3) is 4.10. The van der Waals surface area contributed by atoms with Gasteiger partial charge in [-0.05, 0) is 44.6 Å². The number of esters is 1. The molecule has 1 amide bonds. The van der Waals surface area contributed by atoms with E-state index in [2.05, 4.69) is 0 Å². The second-order valence-electron chi connectivity index (χ2n) is 5.67. The number of primary sulfonamides is 1. The van der Waals surface area contributed by atoms with Crippen LogP contribution in [-0.2, 0) is 19.6 Å². The average molecular weight is 360 g/mol. The monoisotopic (exact) mass is 360 g/mol. The minimum Gasteiger partial charge on any atom is -0.451 e. The van der Waals surface area contributed by atoms with Crippen molar-refractivity contribution < 1.29 is 22.7 Å². The number of amides is 1. The highest BCUT2D eigenvalue weighted by Crippen LogP contribution is 2.24. The lowest BCUT2D eigenvalue weighted by atomic mass is 9.97. The van der Waals surface area contributed by atoms with E-state index in [0.717, 1.165) is 30.6 Å². The van der Waals surface area contributed by atoms with Crippen LogP contribution in [-0.4, -0.2) is 43.9 Å². The summed E-state index contributed by atoms with van der Waals surface area (Å²) < 4.78 is 27.8. The lowest BCUT2D eigenvalue weighted by molar-refractivity contribution is -0.140. The molecule has 7 nitrogen and oxygen atoms in total. The van der Waals surface area contributed by atoms with Gasteiger partial charge in [-0.2, -0.15) is 0 Å². The van der Waals surface area contributed by atoms with Gasteiger partial charge in [-0.25, -0.2) is 18.4 Å². The van der Waals surface area contributed by atoms with Crippen LogP contribution in [0.2, 0.25) is 0 Å². The van der Waals surface area contributed by atoms with Gasteiger partial charge in [-0.15, -0.1) is 11.3 Å². The SMILES string of the molecule is C[C@@H]1CCC[C@@H](C)N1C(=O)COC(=O)c1sccc1S(N)(=O)=O. The highest BCUT2D eigenvalue weighted by Gasteiger charge is 2.30. The van der Waals surface area contributed by atoms with Crippen LogP contribution in [0.5, 0.6) is 0 Å². The summed E-state index contributed by atoms with van der Waals surface area (Å²) >= 11 is 0.914. The largest absolute Gasteiger partial charge is 0.451 e. The van der Waals surface area contributed by atoms with Crippen molar-refractivity contribution >= 4 is 33.2 Å². The normalized spacial score (nSPS) is 22.0. The second kappa shape index (κ2) is 6.98. The van der Waals surface area contributed by atoms with Crippen LogP contribution in [0.3, 0.4) is 0 Å². The topological polar surface area (TPSA) is 107 Å². The van der Waals surface area contributed by atoms with Crippen LogP contribution >= 0.6 is 11.3 Å². The lowest BCUT2D eigenvalue weighted by Gasteiger charge is -2.38. The van der Waals surface area contributed by atoms with Crippen LogP contribution < -0.4 is 5.14 Å². The summed E-state index contributed by atoms with van der Waals surface area (Å²) in [5, 5.41) is 6.48. The number of nitrogens with zero attached hydrogens (tertiary/aromatic N) is 1. The summed E-state index contributed by atoms with van der Waals surface area (Å²) in [6, 6.07) is 1.45. The van der Waals surface area contributed by atoms with E-state index in [9.17, 15) is 18.0 Å². The van der Waals surface area contributed by atoms with Crippen molar-refractivity contribution in [3.05, 3.63) is 16.3 Å². The fraction of sp³-hybridized carbons (Fsp3) is 0.571. The summed E-state index contributed by atoms with van der Waals surface area (Å²) in [6.45, 7) is 3.52. The molecule has 2 N–H and O–H groups in total. The Morgan fingerprint density at radius 1 is 1.35 bits per heavy atom. The van der Waals surface area contributed by atoms with Crippen molar-refractivity contribution in [3.63, 3.8) is 0 Å². The maximum atomic E-state index is 12.3. The number of nitrogens with two attached hydrogens (primary N) is 1. The van der Waals surface area contributed by atoms with Crippen molar-refractivity contribution in [1.29, 1.82) is 0 Å². The molecule has 0 saturated carbocycles. The van der Waals surface area contributed by atoms with Crippen LogP contribution in [0.25, 0.3) is 0 Å². The molecule has 1 fully saturated rings. The van der Waals surface area contributed by atoms with Gasteiger partial charge in [-0.3, -0.25) is 4.79 Å². The molecule has 2 rings (SSSR count). The number of rotatable bonds is 4. The lowest BCUT2D eigenvalue weighted by Crippen LogP contribution is -2.49. The molecule has 1 aliphatic heterocycles. The Kier molecular flexibility index (Phi) is 5.43. The van der Waals surface area contributed by atoms with Crippen molar-refractivity contribution in [2.45, 2.75) is 50.1 Å². The van der Waals surface area contributed by atoms with Crippen molar-refractivity contribution in [3.8, 4) is 0 Å². The van der Waals surface area contributed by atoms with E-state index in [-0.39, 0.29) is 27.8 Å². The van der Waals surface area contributed by atoms with E-state index in [1.54, 1.807) is 4.90 Å². The highest BCUT2D eigenvalue weighted by molar-refractivity contribution is 7.89. The van der Waals surface area contributed by atoms with Gasteiger partial charge in [0, 0.05) is 12.1 Å². The zero-order chi connectivity index (χ0) is 17.2. The van der Waals surface area contributed by atoms with Crippen molar-refractivity contribution in [2.75, 3.05) is 6.61 Å². The molecule has 128 valence electrons. The molecule has 0 bridgehead atoms.